The highest BCUT2D eigenvalue weighted by atomic mass is 35.5. The lowest BCUT2D eigenvalue weighted by molar-refractivity contribution is -0.132. The van der Waals surface area contributed by atoms with Gasteiger partial charge in [0.15, 0.2) is 0 Å². The maximum absolute atomic E-state index is 13.0. The highest BCUT2D eigenvalue weighted by molar-refractivity contribution is 5.97. The van der Waals surface area contributed by atoms with Gasteiger partial charge < -0.3 is 20.5 Å². The SMILES string of the molecule is CC(C)(C)OC(=O)NC(C)(C)C(N)C(=O)N1C(=O)OCC1Cc1ccccc1.Cl. The van der Waals surface area contributed by atoms with E-state index in [0.717, 1.165) is 10.5 Å². The average Bonchev–Trinajstić information content (AvgIpc) is 2.92. The van der Waals surface area contributed by atoms with E-state index in [2.05, 4.69) is 5.32 Å². The van der Waals surface area contributed by atoms with Crippen molar-refractivity contribution in [3.63, 3.8) is 0 Å². The number of cyclic esters (lactones) is 1. The lowest BCUT2D eigenvalue weighted by atomic mass is 9.93. The highest BCUT2D eigenvalue weighted by Crippen LogP contribution is 2.21. The minimum absolute atomic E-state index is 0. The zero-order chi connectivity index (χ0) is 21.1. The van der Waals surface area contributed by atoms with Gasteiger partial charge in [-0.3, -0.25) is 4.79 Å². The number of rotatable bonds is 5. The molecule has 1 aliphatic rings. The number of benzene rings is 1. The number of imide groups is 1. The van der Waals surface area contributed by atoms with Crippen molar-refractivity contribution in [2.24, 2.45) is 5.73 Å². The number of nitrogens with one attached hydrogen (secondary N) is 1. The van der Waals surface area contributed by atoms with E-state index in [-0.39, 0.29) is 19.0 Å². The van der Waals surface area contributed by atoms with Crippen LogP contribution in [0, 0.1) is 0 Å². The first-order valence-electron chi connectivity index (χ1n) is 9.21. The first-order chi connectivity index (χ1) is 12.9. The molecule has 1 aromatic carbocycles. The summed E-state index contributed by atoms with van der Waals surface area (Å²) in [6, 6.07) is 7.88. The first-order valence-corrected chi connectivity index (χ1v) is 9.21. The number of nitrogens with two attached hydrogens (primary N) is 1. The zero-order valence-corrected chi connectivity index (χ0v) is 18.2. The maximum atomic E-state index is 13.0. The predicted octanol–water partition coefficient (Wildman–Crippen LogP) is 2.63. The van der Waals surface area contributed by atoms with E-state index in [9.17, 15) is 14.4 Å². The molecule has 0 spiro atoms. The molecule has 1 fully saturated rings. The smallest absolute Gasteiger partial charge is 0.417 e. The molecule has 1 saturated heterocycles. The molecular formula is C20H30ClN3O5. The van der Waals surface area contributed by atoms with Gasteiger partial charge in [0, 0.05) is 0 Å². The number of nitrogens with zero attached hydrogens (tertiary/aromatic N) is 1. The molecule has 1 aliphatic heterocycles. The summed E-state index contributed by atoms with van der Waals surface area (Å²) < 4.78 is 10.3. The number of carbonyl (C=O) groups is 3. The van der Waals surface area contributed by atoms with Gasteiger partial charge in [-0.05, 0) is 46.6 Å². The van der Waals surface area contributed by atoms with Crippen LogP contribution in [0.2, 0.25) is 0 Å². The van der Waals surface area contributed by atoms with Gasteiger partial charge in [0.1, 0.15) is 18.2 Å². The number of amides is 3. The standard InChI is InChI=1S/C20H29N3O5.ClH/c1-19(2,3)28-17(25)22-20(4,5)15(21)16(24)23-14(12-27-18(23)26)11-13-9-7-6-8-10-13;/h6-10,14-15H,11-12,21H2,1-5H3,(H,22,25);1H. The molecule has 9 heteroatoms. The van der Waals surface area contributed by atoms with Crippen LogP contribution in [0.1, 0.15) is 40.2 Å². The topological polar surface area (TPSA) is 111 Å². The van der Waals surface area contributed by atoms with E-state index in [1.54, 1.807) is 34.6 Å². The molecule has 0 aliphatic carbocycles. The molecule has 2 atom stereocenters. The molecule has 8 nitrogen and oxygen atoms in total. The van der Waals surface area contributed by atoms with Crippen LogP contribution in [0.5, 0.6) is 0 Å². The third kappa shape index (κ3) is 6.61. The minimum Gasteiger partial charge on any atom is -0.447 e. The Labute approximate surface area is 177 Å². The van der Waals surface area contributed by atoms with Crippen LogP contribution in [-0.4, -0.2) is 52.8 Å². The lowest BCUT2D eigenvalue weighted by Crippen LogP contribution is -2.63. The Morgan fingerprint density at radius 2 is 1.83 bits per heavy atom. The van der Waals surface area contributed by atoms with E-state index >= 15 is 0 Å². The summed E-state index contributed by atoms with van der Waals surface area (Å²) in [6.07, 6.45) is -0.953. The summed E-state index contributed by atoms with van der Waals surface area (Å²) in [5, 5.41) is 2.61. The summed E-state index contributed by atoms with van der Waals surface area (Å²) >= 11 is 0. The van der Waals surface area contributed by atoms with Crippen molar-refractivity contribution >= 4 is 30.5 Å². The molecule has 29 heavy (non-hydrogen) atoms. The van der Waals surface area contributed by atoms with Crippen molar-refractivity contribution < 1.29 is 23.9 Å². The summed E-state index contributed by atoms with van der Waals surface area (Å²) in [5.74, 6) is -0.607. The molecule has 2 unspecified atom stereocenters. The van der Waals surface area contributed by atoms with Crippen LogP contribution in [0.25, 0.3) is 0 Å². The molecule has 2 rings (SSSR count). The van der Waals surface area contributed by atoms with Gasteiger partial charge in [0.2, 0.25) is 0 Å². The van der Waals surface area contributed by atoms with Crippen molar-refractivity contribution in [3.8, 4) is 0 Å². The van der Waals surface area contributed by atoms with Gasteiger partial charge >= 0.3 is 12.2 Å². The Hall–Kier alpha value is -2.32. The third-order valence-electron chi connectivity index (χ3n) is 4.38. The fourth-order valence-electron chi connectivity index (χ4n) is 2.87. The Kier molecular flexibility index (Phi) is 8.06. The molecular weight excluding hydrogens is 398 g/mol. The Morgan fingerprint density at radius 1 is 1.24 bits per heavy atom. The van der Waals surface area contributed by atoms with Crippen molar-refractivity contribution in [1.29, 1.82) is 0 Å². The monoisotopic (exact) mass is 427 g/mol. The quantitative estimate of drug-likeness (QED) is 0.747. The number of carbonyl (C=O) groups excluding carboxylic acids is 3. The number of alkyl carbamates (subject to hydrolysis) is 1. The minimum atomic E-state index is -1.16. The molecule has 0 saturated carbocycles. The van der Waals surface area contributed by atoms with E-state index in [4.69, 9.17) is 15.2 Å². The van der Waals surface area contributed by atoms with Crippen LogP contribution < -0.4 is 11.1 Å². The Bertz CT molecular complexity index is 733. The largest absolute Gasteiger partial charge is 0.447 e. The second-order valence-electron chi connectivity index (χ2n) is 8.45. The van der Waals surface area contributed by atoms with Crippen LogP contribution >= 0.6 is 12.4 Å². The number of ether oxygens (including phenoxy) is 2. The van der Waals surface area contributed by atoms with E-state index < -0.39 is 41.3 Å². The lowest BCUT2D eigenvalue weighted by Gasteiger charge is -2.34. The van der Waals surface area contributed by atoms with Crippen molar-refractivity contribution in [2.45, 2.75) is 64.3 Å². The highest BCUT2D eigenvalue weighted by Gasteiger charge is 2.44. The molecule has 1 aromatic rings. The average molecular weight is 428 g/mol. The molecule has 0 radical (unpaired) electrons. The third-order valence-corrected chi connectivity index (χ3v) is 4.38. The fourth-order valence-corrected chi connectivity index (χ4v) is 2.87. The van der Waals surface area contributed by atoms with E-state index in [1.165, 1.54) is 0 Å². The maximum Gasteiger partial charge on any atom is 0.417 e. The number of hydrogen-bond donors (Lipinski definition) is 2. The first kappa shape index (κ1) is 24.7. The zero-order valence-electron chi connectivity index (χ0n) is 17.4. The van der Waals surface area contributed by atoms with Crippen molar-refractivity contribution in [1.82, 2.24) is 10.2 Å². The molecule has 162 valence electrons. The summed E-state index contributed by atoms with van der Waals surface area (Å²) in [7, 11) is 0. The predicted molar refractivity (Wildman–Crippen MR) is 111 cm³/mol. The van der Waals surface area contributed by atoms with Crippen LogP contribution in [0.3, 0.4) is 0 Å². The number of hydrogen-bond acceptors (Lipinski definition) is 6. The van der Waals surface area contributed by atoms with E-state index in [0.29, 0.717) is 6.42 Å². The van der Waals surface area contributed by atoms with Gasteiger partial charge in [-0.1, -0.05) is 30.3 Å². The van der Waals surface area contributed by atoms with Gasteiger partial charge in [-0.2, -0.15) is 0 Å². The van der Waals surface area contributed by atoms with Gasteiger partial charge in [-0.15, -0.1) is 12.4 Å². The Morgan fingerprint density at radius 3 is 2.38 bits per heavy atom. The molecule has 0 bridgehead atoms. The van der Waals surface area contributed by atoms with Gasteiger partial charge in [-0.25, -0.2) is 14.5 Å². The second-order valence-corrected chi connectivity index (χ2v) is 8.45. The summed E-state index contributed by atoms with van der Waals surface area (Å²) in [4.78, 5) is 38.3. The molecule has 0 aromatic heterocycles. The summed E-state index contributed by atoms with van der Waals surface area (Å²) in [6.45, 7) is 8.52. The van der Waals surface area contributed by atoms with Crippen LogP contribution in [0.15, 0.2) is 30.3 Å². The van der Waals surface area contributed by atoms with Crippen molar-refractivity contribution in [2.75, 3.05) is 6.61 Å². The van der Waals surface area contributed by atoms with Crippen LogP contribution in [-0.2, 0) is 20.7 Å². The molecule has 3 amide bonds. The normalized spacial score (nSPS) is 17.8. The number of halogens is 1. The van der Waals surface area contributed by atoms with Crippen LogP contribution in [0.4, 0.5) is 9.59 Å². The molecule has 1 heterocycles. The Balaban J connectivity index is 0.00000420. The van der Waals surface area contributed by atoms with Gasteiger partial charge in [0.05, 0.1) is 11.6 Å². The fraction of sp³-hybridized carbons (Fsp3) is 0.550. The van der Waals surface area contributed by atoms with Gasteiger partial charge in [0.25, 0.3) is 5.91 Å². The molecule has 3 N–H and O–H groups in total. The van der Waals surface area contributed by atoms with E-state index in [1.807, 2.05) is 30.3 Å². The van der Waals surface area contributed by atoms with Crippen molar-refractivity contribution in [3.05, 3.63) is 35.9 Å². The summed E-state index contributed by atoms with van der Waals surface area (Å²) in [5.41, 5.74) is 5.28. The second kappa shape index (κ2) is 9.45.